The number of sulfonamides is 1. The van der Waals surface area contributed by atoms with Gasteiger partial charge in [-0.3, -0.25) is 4.79 Å². The van der Waals surface area contributed by atoms with Crippen LogP contribution in [-0.4, -0.2) is 34.0 Å². The van der Waals surface area contributed by atoms with Crippen molar-refractivity contribution in [3.8, 4) is 0 Å². The van der Waals surface area contributed by atoms with E-state index >= 15 is 0 Å². The molecule has 1 heterocycles. The number of benzene rings is 1. The van der Waals surface area contributed by atoms with Crippen LogP contribution in [0.1, 0.15) is 25.8 Å². The van der Waals surface area contributed by atoms with Gasteiger partial charge in [-0.25, -0.2) is 13.1 Å². The van der Waals surface area contributed by atoms with Gasteiger partial charge in [-0.1, -0.05) is 26.3 Å². The zero-order chi connectivity index (χ0) is 16.5. The normalized spacial score (nSPS) is 17.2. The van der Waals surface area contributed by atoms with Gasteiger partial charge in [0.15, 0.2) is 0 Å². The first kappa shape index (κ1) is 16.9. The molecule has 22 heavy (non-hydrogen) atoms. The molecule has 0 bridgehead atoms. The first-order chi connectivity index (χ1) is 10.3. The lowest BCUT2D eigenvalue weighted by molar-refractivity contribution is -0.120. The van der Waals surface area contributed by atoms with E-state index in [1.165, 1.54) is 7.05 Å². The maximum Gasteiger partial charge on any atom is 0.244 e. The van der Waals surface area contributed by atoms with Gasteiger partial charge >= 0.3 is 0 Å². The Hall–Kier alpha value is -1.44. The van der Waals surface area contributed by atoms with Crippen molar-refractivity contribution in [3.63, 3.8) is 0 Å². The van der Waals surface area contributed by atoms with E-state index in [4.69, 9.17) is 5.73 Å². The summed E-state index contributed by atoms with van der Waals surface area (Å²) < 4.78 is 26.1. The Morgan fingerprint density at radius 1 is 1.45 bits per heavy atom. The van der Waals surface area contributed by atoms with E-state index < -0.39 is 16.1 Å². The predicted octanol–water partition coefficient (Wildman–Crippen LogP) is 0.857. The second-order valence-corrected chi connectivity index (χ2v) is 7.54. The third-order valence-corrected chi connectivity index (χ3v) is 5.75. The van der Waals surface area contributed by atoms with Gasteiger partial charge in [0, 0.05) is 12.2 Å². The van der Waals surface area contributed by atoms with Crippen molar-refractivity contribution in [2.75, 3.05) is 18.5 Å². The van der Waals surface area contributed by atoms with Gasteiger partial charge in [0.2, 0.25) is 15.9 Å². The first-order valence-electron chi connectivity index (χ1n) is 7.45. The minimum Gasteiger partial charge on any atom is -0.320 e. The number of fused-ring (bicyclic) bond motifs is 1. The van der Waals surface area contributed by atoms with Crippen molar-refractivity contribution in [1.29, 1.82) is 0 Å². The Bertz CT molecular complexity index is 673. The summed E-state index contributed by atoms with van der Waals surface area (Å²) in [6.45, 7) is 4.48. The van der Waals surface area contributed by atoms with E-state index in [0.29, 0.717) is 18.7 Å². The molecule has 3 N–H and O–H groups in total. The molecule has 0 radical (unpaired) electrons. The van der Waals surface area contributed by atoms with Crippen LogP contribution in [-0.2, 0) is 21.2 Å². The second-order valence-electron chi connectivity index (χ2n) is 5.65. The first-order valence-corrected chi connectivity index (χ1v) is 8.93. The summed E-state index contributed by atoms with van der Waals surface area (Å²) in [4.78, 5) is 14.3. The van der Waals surface area contributed by atoms with Crippen LogP contribution in [0, 0.1) is 5.92 Å². The highest BCUT2D eigenvalue weighted by Gasteiger charge is 2.31. The van der Waals surface area contributed by atoms with Crippen molar-refractivity contribution in [2.24, 2.45) is 11.7 Å². The summed E-state index contributed by atoms with van der Waals surface area (Å²) in [5.41, 5.74) is 7.66. The highest BCUT2D eigenvalue weighted by atomic mass is 32.2. The predicted molar refractivity (Wildman–Crippen MR) is 86.2 cm³/mol. The molecule has 0 saturated heterocycles. The second kappa shape index (κ2) is 6.36. The molecule has 122 valence electrons. The van der Waals surface area contributed by atoms with Crippen LogP contribution in [0.4, 0.5) is 5.69 Å². The molecule has 0 aliphatic carbocycles. The summed E-state index contributed by atoms with van der Waals surface area (Å²) in [6, 6.07) is 4.31. The van der Waals surface area contributed by atoms with Crippen LogP contribution in [0.5, 0.6) is 0 Å². The van der Waals surface area contributed by atoms with Gasteiger partial charge in [0.05, 0.1) is 10.9 Å². The number of hydrogen-bond donors (Lipinski definition) is 2. The van der Waals surface area contributed by atoms with Gasteiger partial charge in [0.25, 0.3) is 0 Å². The van der Waals surface area contributed by atoms with Crippen LogP contribution in [0.25, 0.3) is 0 Å². The van der Waals surface area contributed by atoms with Crippen LogP contribution in [0.2, 0.25) is 0 Å². The zero-order valence-corrected chi connectivity index (χ0v) is 14.0. The molecule has 0 fully saturated rings. The summed E-state index contributed by atoms with van der Waals surface area (Å²) in [6.07, 6.45) is 1.54. The van der Waals surface area contributed by atoms with Gasteiger partial charge in [0.1, 0.15) is 0 Å². The Morgan fingerprint density at radius 3 is 2.73 bits per heavy atom. The van der Waals surface area contributed by atoms with Crippen LogP contribution >= 0.6 is 0 Å². The Morgan fingerprint density at radius 2 is 2.14 bits per heavy atom. The summed E-state index contributed by atoms with van der Waals surface area (Å²) in [7, 11) is -2.16. The summed E-state index contributed by atoms with van der Waals surface area (Å²) in [5, 5.41) is 0. The fraction of sp³-hybridized carbons (Fsp3) is 0.533. The number of rotatable bonds is 5. The lowest BCUT2D eigenvalue weighted by Gasteiger charge is -2.25. The molecule has 1 aromatic carbocycles. The number of nitrogens with two attached hydrogens (primary N) is 1. The van der Waals surface area contributed by atoms with Crippen molar-refractivity contribution in [3.05, 3.63) is 23.8 Å². The molecule has 1 aromatic rings. The molecule has 2 unspecified atom stereocenters. The average Bonchev–Trinajstić information content (AvgIpc) is 2.95. The van der Waals surface area contributed by atoms with Crippen molar-refractivity contribution < 1.29 is 13.2 Å². The molecule has 0 saturated carbocycles. The standard InChI is InChI=1S/C15H23N3O3S/c1-4-10(2)14(16)15(19)18-8-7-11-5-6-12(9-13(11)18)22(20,21)17-3/h5-6,9-10,14,17H,4,7-8,16H2,1-3H3. The molecule has 2 atom stereocenters. The van der Waals surface area contributed by atoms with Gasteiger partial charge in [-0.2, -0.15) is 0 Å². The Labute approximate surface area is 131 Å². The van der Waals surface area contributed by atoms with Crippen LogP contribution < -0.4 is 15.4 Å². The largest absolute Gasteiger partial charge is 0.320 e. The molecular weight excluding hydrogens is 302 g/mol. The SMILES string of the molecule is CCC(C)C(N)C(=O)N1CCc2ccc(S(=O)(=O)NC)cc21. The number of nitrogens with zero attached hydrogens (tertiary/aromatic N) is 1. The Kier molecular flexibility index (Phi) is 4.89. The zero-order valence-electron chi connectivity index (χ0n) is 13.2. The lowest BCUT2D eigenvalue weighted by Crippen LogP contribution is -2.46. The average molecular weight is 325 g/mol. The van der Waals surface area contributed by atoms with Crippen molar-refractivity contribution >= 4 is 21.6 Å². The quantitative estimate of drug-likeness (QED) is 0.840. The maximum absolute atomic E-state index is 12.6. The van der Waals surface area contributed by atoms with E-state index in [1.54, 1.807) is 23.1 Å². The molecule has 2 rings (SSSR count). The number of carbonyl (C=O) groups is 1. The molecule has 0 aromatic heterocycles. The van der Waals surface area contributed by atoms with Gasteiger partial charge in [-0.15, -0.1) is 0 Å². The lowest BCUT2D eigenvalue weighted by atomic mass is 9.99. The fourth-order valence-electron chi connectivity index (χ4n) is 2.55. The van der Waals surface area contributed by atoms with Crippen LogP contribution in [0.3, 0.4) is 0 Å². The summed E-state index contributed by atoms with van der Waals surface area (Å²) >= 11 is 0. The number of nitrogens with one attached hydrogen (secondary N) is 1. The third-order valence-electron chi connectivity index (χ3n) is 4.34. The smallest absolute Gasteiger partial charge is 0.244 e. The minimum absolute atomic E-state index is 0.0840. The Balaban J connectivity index is 2.35. The number of carbonyl (C=O) groups excluding carboxylic acids is 1. The van der Waals surface area contributed by atoms with E-state index in [-0.39, 0.29) is 16.7 Å². The van der Waals surface area contributed by atoms with E-state index in [2.05, 4.69) is 4.72 Å². The molecule has 7 heteroatoms. The van der Waals surface area contributed by atoms with E-state index in [0.717, 1.165) is 12.0 Å². The van der Waals surface area contributed by atoms with Gasteiger partial charge < -0.3 is 10.6 Å². The number of hydrogen-bond acceptors (Lipinski definition) is 4. The minimum atomic E-state index is -3.53. The monoisotopic (exact) mass is 325 g/mol. The molecular formula is C15H23N3O3S. The molecule has 0 spiro atoms. The number of anilines is 1. The van der Waals surface area contributed by atoms with Crippen LogP contribution in [0.15, 0.2) is 23.1 Å². The molecule has 6 nitrogen and oxygen atoms in total. The highest BCUT2D eigenvalue weighted by Crippen LogP contribution is 2.31. The summed E-state index contributed by atoms with van der Waals surface area (Å²) in [5.74, 6) is -0.0621. The van der Waals surface area contributed by atoms with E-state index in [9.17, 15) is 13.2 Å². The highest BCUT2D eigenvalue weighted by molar-refractivity contribution is 7.89. The topological polar surface area (TPSA) is 92.5 Å². The van der Waals surface area contributed by atoms with Crippen molar-refractivity contribution in [1.82, 2.24) is 4.72 Å². The number of amides is 1. The molecule has 1 aliphatic rings. The fourth-order valence-corrected chi connectivity index (χ4v) is 3.30. The van der Waals surface area contributed by atoms with Gasteiger partial charge in [-0.05, 0) is 37.1 Å². The third kappa shape index (κ3) is 3.02. The maximum atomic E-state index is 12.6. The van der Waals surface area contributed by atoms with E-state index in [1.807, 2.05) is 13.8 Å². The molecule has 1 amide bonds. The van der Waals surface area contributed by atoms with Crippen molar-refractivity contribution in [2.45, 2.75) is 37.6 Å². The molecule has 1 aliphatic heterocycles.